The Bertz CT molecular complexity index is 429. The van der Waals surface area contributed by atoms with E-state index >= 15 is 0 Å². The minimum absolute atomic E-state index is 0.0604. The molecule has 0 saturated carbocycles. The molecule has 0 fully saturated rings. The first-order valence-corrected chi connectivity index (χ1v) is 5.90. The molecule has 0 saturated heterocycles. The Balaban J connectivity index is 2.40. The van der Waals surface area contributed by atoms with Gasteiger partial charge >= 0.3 is 0 Å². The molecule has 1 aromatic rings. The molecule has 0 spiro atoms. The van der Waals surface area contributed by atoms with Crippen molar-refractivity contribution in [3.05, 3.63) is 34.9 Å². The van der Waals surface area contributed by atoms with Gasteiger partial charge in [-0.1, -0.05) is 18.2 Å². The first kappa shape index (κ1) is 13.3. The average molecular weight is 229 g/mol. The van der Waals surface area contributed by atoms with Crippen LogP contribution in [0.25, 0.3) is 0 Å². The van der Waals surface area contributed by atoms with Crippen molar-refractivity contribution in [3.8, 4) is 12.3 Å². The standard InChI is InChI=1S/C15H19NO/c1-4-5-6-9-16-15(17)11-14-8-7-12(2)13(3)10-14/h1,7-8,10H,5-6,9,11H2,2-3H3,(H,16,17). The fourth-order valence-electron chi connectivity index (χ4n) is 1.58. The van der Waals surface area contributed by atoms with Gasteiger partial charge in [-0.3, -0.25) is 4.79 Å². The van der Waals surface area contributed by atoms with Gasteiger partial charge in [0.2, 0.25) is 5.91 Å². The highest BCUT2D eigenvalue weighted by Gasteiger charge is 2.03. The normalized spacial score (nSPS) is 9.71. The summed E-state index contributed by atoms with van der Waals surface area (Å²) in [5.74, 6) is 2.61. The van der Waals surface area contributed by atoms with Crippen molar-refractivity contribution in [2.75, 3.05) is 6.54 Å². The van der Waals surface area contributed by atoms with Gasteiger partial charge in [0.05, 0.1) is 6.42 Å². The Hall–Kier alpha value is -1.75. The lowest BCUT2D eigenvalue weighted by Crippen LogP contribution is -2.26. The fraction of sp³-hybridized carbons (Fsp3) is 0.400. The molecular formula is C15H19NO. The minimum Gasteiger partial charge on any atom is -0.356 e. The van der Waals surface area contributed by atoms with Gasteiger partial charge in [-0.05, 0) is 37.0 Å². The molecule has 0 aliphatic rings. The summed E-state index contributed by atoms with van der Waals surface area (Å²) in [4.78, 5) is 11.6. The van der Waals surface area contributed by atoms with Gasteiger partial charge in [0.1, 0.15) is 0 Å². The maximum absolute atomic E-state index is 11.6. The molecule has 1 amide bonds. The number of unbranched alkanes of at least 4 members (excludes halogenated alkanes) is 1. The Morgan fingerprint density at radius 1 is 1.35 bits per heavy atom. The third-order valence-corrected chi connectivity index (χ3v) is 2.76. The maximum Gasteiger partial charge on any atom is 0.224 e. The quantitative estimate of drug-likeness (QED) is 0.609. The van der Waals surface area contributed by atoms with E-state index in [1.54, 1.807) is 0 Å². The summed E-state index contributed by atoms with van der Waals surface area (Å²) in [5.41, 5.74) is 3.54. The first-order chi connectivity index (χ1) is 8.13. The van der Waals surface area contributed by atoms with E-state index in [9.17, 15) is 4.79 Å². The van der Waals surface area contributed by atoms with Crippen LogP contribution in [0.2, 0.25) is 0 Å². The summed E-state index contributed by atoms with van der Waals surface area (Å²) < 4.78 is 0. The molecule has 1 rings (SSSR count). The zero-order valence-electron chi connectivity index (χ0n) is 10.5. The molecule has 90 valence electrons. The number of carbonyl (C=O) groups is 1. The summed E-state index contributed by atoms with van der Waals surface area (Å²) >= 11 is 0. The van der Waals surface area contributed by atoms with Crippen LogP contribution in [-0.2, 0) is 11.2 Å². The third-order valence-electron chi connectivity index (χ3n) is 2.76. The number of hydrogen-bond acceptors (Lipinski definition) is 1. The van der Waals surface area contributed by atoms with Crippen LogP contribution >= 0.6 is 0 Å². The molecule has 0 aliphatic carbocycles. The van der Waals surface area contributed by atoms with E-state index < -0.39 is 0 Å². The van der Waals surface area contributed by atoms with E-state index in [-0.39, 0.29) is 5.91 Å². The van der Waals surface area contributed by atoms with Crippen LogP contribution in [0.15, 0.2) is 18.2 Å². The number of rotatable bonds is 5. The van der Waals surface area contributed by atoms with E-state index in [1.807, 2.05) is 6.07 Å². The number of aryl methyl sites for hydroxylation is 2. The fourth-order valence-corrected chi connectivity index (χ4v) is 1.58. The van der Waals surface area contributed by atoms with Gasteiger partial charge in [0.15, 0.2) is 0 Å². The highest BCUT2D eigenvalue weighted by molar-refractivity contribution is 5.78. The smallest absolute Gasteiger partial charge is 0.224 e. The molecule has 0 heterocycles. The van der Waals surface area contributed by atoms with E-state index in [4.69, 9.17) is 6.42 Å². The van der Waals surface area contributed by atoms with Gasteiger partial charge in [-0.25, -0.2) is 0 Å². The topological polar surface area (TPSA) is 29.1 Å². The Morgan fingerprint density at radius 3 is 2.76 bits per heavy atom. The van der Waals surface area contributed by atoms with Crippen molar-refractivity contribution < 1.29 is 4.79 Å². The van der Waals surface area contributed by atoms with Gasteiger partial charge < -0.3 is 5.32 Å². The van der Waals surface area contributed by atoms with Crippen molar-refractivity contribution in [2.45, 2.75) is 33.1 Å². The predicted octanol–water partition coefficient (Wildman–Crippen LogP) is 2.38. The average Bonchev–Trinajstić information content (AvgIpc) is 2.30. The third kappa shape index (κ3) is 4.74. The molecule has 0 atom stereocenters. The van der Waals surface area contributed by atoms with E-state index in [2.05, 4.69) is 37.2 Å². The van der Waals surface area contributed by atoms with Crippen LogP contribution in [0.5, 0.6) is 0 Å². The molecule has 0 aromatic heterocycles. The molecule has 0 bridgehead atoms. The van der Waals surface area contributed by atoms with Crippen LogP contribution in [0, 0.1) is 26.2 Å². The van der Waals surface area contributed by atoms with Crippen molar-refractivity contribution in [3.63, 3.8) is 0 Å². The second-order valence-electron chi connectivity index (χ2n) is 4.25. The van der Waals surface area contributed by atoms with Gasteiger partial charge in [0, 0.05) is 13.0 Å². The number of nitrogens with one attached hydrogen (secondary N) is 1. The lowest BCUT2D eigenvalue weighted by Gasteiger charge is -2.06. The molecule has 0 unspecified atom stereocenters. The summed E-state index contributed by atoms with van der Waals surface area (Å²) in [6.45, 7) is 4.79. The predicted molar refractivity (Wildman–Crippen MR) is 70.7 cm³/mol. The first-order valence-electron chi connectivity index (χ1n) is 5.90. The van der Waals surface area contributed by atoms with Crippen molar-refractivity contribution in [2.24, 2.45) is 0 Å². The van der Waals surface area contributed by atoms with E-state index in [0.717, 1.165) is 12.0 Å². The van der Waals surface area contributed by atoms with Crippen LogP contribution < -0.4 is 5.32 Å². The van der Waals surface area contributed by atoms with Crippen LogP contribution in [0.3, 0.4) is 0 Å². The monoisotopic (exact) mass is 229 g/mol. The Morgan fingerprint density at radius 2 is 2.12 bits per heavy atom. The molecule has 0 aliphatic heterocycles. The summed E-state index contributed by atoms with van der Waals surface area (Å²) in [7, 11) is 0. The number of terminal acetylenes is 1. The van der Waals surface area contributed by atoms with Crippen molar-refractivity contribution in [1.29, 1.82) is 0 Å². The second kappa shape index (κ2) is 6.75. The van der Waals surface area contributed by atoms with Crippen LogP contribution in [0.4, 0.5) is 0 Å². The van der Waals surface area contributed by atoms with Crippen LogP contribution in [0.1, 0.15) is 29.5 Å². The molecule has 0 radical (unpaired) electrons. The minimum atomic E-state index is 0.0604. The SMILES string of the molecule is C#CCCCNC(=O)Cc1ccc(C)c(C)c1. The highest BCUT2D eigenvalue weighted by Crippen LogP contribution is 2.10. The number of benzene rings is 1. The summed E-state index contributed by atoms with van der Waals surface area (Å²) in [6, 6.07) is 6.12. The maximum atomic E-state index is 11.6. The number of hydrogen-bond donors (Lipinski definition) is 1. The lowest BCUT2D eigenvalue weighted by atomic mass is 10.0. The van der Waals surface area contributed by atoms with Gasteiger partial charge in [-0.15, -0.1) is 12.3 Å². The Labute approximate surface area is 103 Å². The highest BCUT2D eigenvalue weighted by atomic mass is 16.1. The van der Waals surface area contributed by atoms with Crippen molar-refractivity contribution in [1.82, 2.24) is 5.32 Å². The zero-order valence-corrected chi connectivity index (χ0v) is 10.5. The summed E-state index contributed by atoms with van der Waals surface area (Å²) in [6.07, 6.45) is 7.13. The van der Waals surface area contributed by atoms with Gasteiger partial charge in [0.25, 0.3) is 0 Å². The zero-order chi connectivity index (χ0) is 12.7. The lowest BCUT2D eigenvalue weighted by molar-refractivity contribution is -0.120. The Kier molecular flexibility index (Phi) is 5.29. The largest absolute Gasteiger partial charge is 0.356 e. The van der Waals surface area contributed by atoms with Gasteiger partial charge in [-0.2, -0.15) is 0 Å². The molecular weight excluding hydrogens is 210 g/mol. The van der Waals surface area contributed by atoms with Crippen LogP contribution in [-0.4, -0.2) is 12.5 Å². The molecule has 1 aromatic carbocycles. The van der Waals surface area contributed by atoms with E-state index in [1.165, 1.54) is 11.1 Å². The van der Waals surface area contributed by atoms with Crippen molar-refractivity contribution >= 4 is 5.91 Å². The molecule has 1 N–H and O–H groups in total. The molecule has 2 heteroatoms. The number of carbonyl (C=O) groups excluding carboxylic acids is 1. The molecule has 2 nitrogen and oxygen atoms in total. The van der Waals surface area contributed by atoms with E-state index in [0.29, 0.717) is 19.4 Å². The summed E-state index contributed by atoms with van der Waals surface area (Å²) in [5, 5.41) is 2.87. The second-order valence-corrected chi connectivity index (χ2v) is 4.25. The number of amides is 1. The molecule has 17 heavy (non-hydrogen) atoms.